The van der Waals surface area contributed by atoms with Crippen LogP contribution in [0.25, 0.3) is 0 Å². The van der Waals surface area contributed by atoms with Crippen LogP contribution in [0.2, 0.25) is 0 Å². The van der Waals surface area contributed by atoms with Gasteiger partial charge in [0, 0.05) is 41.2 Å². The molecule has 0 spiro atoms. The summed E-state index contributed by atoms with van der Waals surface area (Å²) in [6.07, 6.45) is 2.80. The molecule has 3 nitrogen and oxygen atoms in total. The molecule has 1 atom stereocenters. The van der Waals surface area contributed by atoms with E-state index in [0.717, 1.165) is 24.4 Å². The van der Waals surface area contributed by atoms with Gasteiger partial charge in [0.05, 0.1) is 10.7 Å². The van der Waals surface area contributed by atoms with Gasteiger partial charge in [-0.25, -0.2) is 4.98 Å². The van der Waals surface area contributed by atoms with Crippen LogP contribution in [0.5, 0.6) is 0 Å². The number of rotatable bonds is 5. The van der Waals surface area contributed by atoms with E-state index >= 15 is 0 Å². The standard InChI is InChI=1S/C17H25N3S/c1-12(18-11-9-14-8-6-7-10-19-14)15-13(2)20-16(21-15)17(3,4)5/h6-8,10,12,18H,9,11H2,1-5H3. The maximum Gasteiger partial charge on any atom is 0.0985 e. The summed E-state index contributed by atoms with van der Waals surface area (Å²) in [5.74, 6) is 0. The van der Waals surface area contributed by atoms with Gasteiger partial charge in [0.2, 0.25) is 0 Å². The Morgan fingerprint density at radius 2 is 2.05 bits per heavy atom. The average molecular weight is 303 g/mol. The first kappa shape index (κ1) is 16.1. The second kappa shape index (κ2) is 6.67. The van der Waals surface area contributed by atoms with Crippen molar-refractivity contribution in [1.29, 1.82) is 0 Å². The van der Waals surface area contributed by atoms with Crippen LogP contribution in [0.15, 0.2) is 24.4 Å². The fourth-order valence-corrected chi connectivity index (χ4v) is 3.34. The first-order chi connectivity index (χ1) is 9.88. The van der Waals surface area contributed by atoms with Crippen molar-refractivity contribution < 1.29 is 0 Å². The predicted octanol–water partition coefficient (Wildman–Crippen LogP) is 4.04. The molecule has 114 valence electrons. The molecule has 0 saturated carbocycles. The van der Waals surface area contributed by atoms with Crippen LogP contribution in [-0.2, 0) is 11.8 Å². The van der Waals surface area contributed by atoms with Gasteiger partial charge in [-0.2, -0.15) is 0 Å². The minimum Gasteiger partial charge on any atom is -0.309 e. The zero-order valence-electron chi connectivity index (χ0n) is 13.6. The quantitative estimate of drug-likeness (QED) is 0.906. The van der Waals surface area contributed by atoms with E-state index in [-0.39, 0.29) is 5.41 Å². The zero-order valence-corrected chi connectivity index (χ0v) is 14.4. The highest BCUT2D eigenvalue weighted by atomic mass is 32.1. The smallest absolute Gasteiger partial charge is 0.0985 e. The number of aromatic nitrogens is 2. The number of aryl methyl sites for hydroxylation is 1. The summed E-state index contributed by atoms with van der Waals surface area (Å²) < 4.78 is 0. The molecular formula is C17H25N3S. The molecule has 21 heavy (non-hydrogen) atoms. The summed E-state index contributed by atoms with van der Waals surface area (Å²) in [4.78, 5) is 10.4. The van der Waals surface area contributed by atoms with Crippen LogP contribution in [0.3, 0.4) is 0 Å². The minimum absolute atomic E-state index is 0.126. The van der Waals surface area contributed by atoms with Gasteiger partial charge in [-0.3, -0.25) is 4.98 Å². The van der Waals surface area contributed by atoms with Gasteiger partial charge < -0.3 is 5.32 Å². The fraction of sp³-hybridized carbons (Fsp3) is 0.529. The lowest BCUT2D eigenvalue weighted by Crippen LogP contribution is -2.21. The predicted molar refractivity (Wildman–Crippen MR) is 89.9 cm³/mol. The maximum absolute atomic E-state index is 4.74. The van der Waals surface area contributed by atoms with E-state index in [4.69, 9.17) is 4.98 Å². The van der Waals surface area contributed by atoms with Crippen molar-refractivity contribution in [2.75, 3.05) is 6.54 Å². The molecule has 0 saturated heterocycles. The Balaban J connectivity index is 1.94. The van der Waals surface area contributed by atoms with Gasteiger partial charge in [-0.1, -0.05) is 26.8 Å². The van der Waals surface area contributed by atoms with E-state index in [0.29, 0.717) is 6.04 Å². The molecular weight excluding hydrogens is 278 g/mol. The molecule has 2 heterocycles. The largest absolute Gasteiger partial charge is 0.309 e. The molecule has 0 aliphatic rings. The molecule has 1 unspecified atom stereocenters. The third kappa shape index (κ3) is 4.35. The molecule has 0 aromatic carbocycles. The van der Waals surface area contributed by atoms with Crippen molar-refractivity contribution in [3.05, 3.63) is 45.7 Å². The number of nitrogens with zero attached hydrogens (tertiary/aromatic N) is 2. The highest BCUT2D eigenvalue weighted by Crippen LogP contribution is 2.32. The molecule has 2 aromatic rings. The van der Waals surface area contributed by atoms with Crippen molar-refractivity contribution in [2.45, 2.75) is 52.5 Å². The van der Waals surface area contributed by atoms with E-state index in [1.54, 1.807) is 0 Å². The first-order valence-electron chi connectivity index (χ1n) is 7.49. The third-order valence-electron chi connectivity index (χ3n) is 3.43. The van der Waals surface area contributed by atoms with Gasteiger partial charge in [0.1, 0.15) is 0 Å². The molecule has 0 bridgehead atoms. The van der Waals surface area contributed by atoms with E-state index in [2.05, 4.69) is 51.0 Å². The van der Waals surface area contributed by atoms with Crippen molar-refractivity contribution in [3.63, 3.8) is 0 Å². The van der Waals surface area contributed by atoms with Gasteiger partial charge in [0.25, 0.3) is 0 Å². The molecule has 2 rings (SSSR count). The topological polar surface area (TPSA) is 37.8 Å². The van der Waals surface area contributed by atoms with Crippen LogP contribution in [0.4, 0.5) is 0 Å². The highest BCUT2D eigenvalue weighted by molar-refractivity contribution is 7.12. The first-order valence-corrected chi connectivity index (χ1v) is 8.30. The summed E-state index contributed by atoms with van der Waals surface area (Å²) in [7, 11) is 0. The number of pyridine rings is 1. The second-order valence-electron chi connectivity index (χ2n) is 6.47. The normalized spacial score (nSPS) is 13.4. The number of nitrogens with one attached hydrogen (secondary N) is 1. The summed E-state index contributed by atoms with van der Waals surface area (Å²) in [5, 5.41) is 4.80. The molecule has 0 amide bonds. The lowest BCUT2D eigenvalue weighted by molar-refractivity contribution is 0.576. The average Bonchev–Trinajstić information content (AvgIpc) is 2.82. The van der Waals surface area contributed by atoms with E-state index in [9.17, 15) is 0 Å². The lowest BCUT2D eigenvalue weighted by Gasteiger charge is -2.14. The summed E-state index contributed by atoms with van der Waals surface area (Å²) in [6, 6.07) is 6.40. The summed E-state index contributed by atoms with van der Waals surface area (Å²) in [6.45, 7) is 11.9. The Morgan fingerprint density at radius 1 is 1.29 bits per heavy atom. The molecule has 2 aromatic heterocycles. The monoisotopic (exact) mass is 303 g/mol. The highest BCUT2D eigenvalue weighted by Gasteiger charge is 2.22. The van der Waals surface area contributed by atoms with Crippen LogP contribution in [0, 0.1) is 6.92 Å². The molecule has 0 aliphatic carbocycles. The number of hydrogen-bond donors (Lipinski definition) is 1. The van der Waals surface area contributed by atoms with E-state index < -0.39 is 0 Å². The zero-order chi connectivity index (χ0) is 15.5. The molecule has 0 fully saturated rings. The van der Waals surface area contributed by atoms with Crippen LogP contribution in [-0.4, -0.2) is 16.5 Å². The SMILES string of the molecule is Cc1nc(C(C)(C)C)sc1C(C)NCCc1ccccn1. The summed E-state index contributed by atoms with van der Waals surface area (Å²) >= 11 is 1.83. The Kier molecular flexibility index (Phi) is 5.12. The molecule has 0 radical (unpaired) electrons. The van der Waals surface area contributed by atoms with Gasteiger partial charge in [0.15, 0.2) is 0 Å². The van der Waals surface area contributed by atoms with Crippen molar-refractivity contribution in [1.82, 2.24) is 15.3 Å². The Morgan fingerprint density at radius 3 is 2.62 bits per heavy atom. The van der Waals surface area contributed by atoms with E-state index in [1.165, 1.54) is 9.88 Å². The Hall–Kier alpha value is -1.26. The Labute approximate surface area is 131 Å². The maximum atomic E-state index is 4.74. The van der Waals surface area contributed by atoms with Gasteiger partial charge in [-0.15, -0.1) is 11.3 Å². The van der Waals surface area contributed by atoms with Gasteiger partial charge in [-0.05, 0) is 26.0 Å². The lowest BCUT2D eigenvalue weighted by atomic mass is 9.98. The van der Waals surface area contributed by atoms with Crippen molar-refractivity contribution in [2.24, 2.45) is 0 Å². The van der Waals surface area contributed by atoms with Crippen molar-refractivity contribution in [3.8, 4) is 0 Å². The van der Waals surface area contributed by atoms with E-state index in [1.807, 2.05) is 29.7 Å². The second-order valence-corrected chi connectivity index (χ2v) is 7.50. The summed E-state index contributed by atoms with van der Waals surface area (Å²) in [5.41, 5.74) is 2.41. The third-order valence-corrected chi connectivity index (χ3v) is 5.19. The number of hydrogen-bond acceptors (Lipinski definition) is 4. The van der Waals surface area contributed by atoms with Gasteiger partial charge >= 0.3 is 0 Å². The molecule has 4 heteroatoms. The van der Waals surface area contributed by atoms with Crippen molar-refractivity contribution >= 4 is 11.3 Å². The van der Waals surface area contributed by atoms with Crippen LogP contribution >= 0.6 is 11.3 Å². The minimum atomic E-state index is 0.126. The molecule has 1 N–H and O–H groups in total. The molecule has 0 aliphatic heterocycles. The Bertz CT molecular complexity index is 569. The number of thiazole rings is 1. The fourth-order valence-electron chi connectivity index (χ4n) is 2.19. The van der Waals surface area contributed by atoms with Crippen LogP contribution in [0.1, 0.15) is 55.0 Å². The van der Waals surface area contributed by atoms with Crippen LogP contribution < -0.4 is 5.32 Å².